The first-order valence-corrected chi connectivity index (χ1v) is 7.44. The minimum atomic E-state index is -0.283. The number of ether oxygens (including phenoxy) is 1. The van der Waals surface area contributed by atoms with E-state index in [2.05, 4.69) is 21.2 Å². The topological polar surface area (TPSA) is 47.3 Å². The van der Waals surface area contributed by atoms with E-state index in [0.29, 0.717) is 15.9 Å². The highest BCUT2D eigenvalue weighted by atomic mass is 79.9. The van der Waals surface area contributed by atoms with E-state index in [1.54, 1.807) is 12.1 Å². The van der Waals surface area contributed by atoms with Crippen molar-refractivity contribution >= 4 is 33.0 Å². The highest BCUT2D eigenvalue weighted by Crippen LogP contribution is 2.30. The van der Waals surface area contributed by atoms with Crippen LogP contribution in [0.5, 0.6) is 5.75 Å². The fourth-order valence-electron chi connectivity index (χ4n) is 1.97. The average Bonchev–Trinajstić information content (AvgIpc) is 2.34. The van der Waals surface area contributed by atoms with Gasteiger partial charge in [-0.1, -0.05) is 0 Å². The molecule has 0 aromatic heterocycles. The Balaban J connectivity index is 2.31. The van der Waals surface area contributed by atoms with Crippen LogP contribution >= 0.6 is 15.9 Å². The molecular formula is C16H18BrFN2O. The Morgan fingerprint density at radius 1 is 1.19 bits per heavy atom. The molecule has 0 aliphatic rings. The van der Waals surface area contributed by atoms with Crippen LogP contribution in [0.4, 0.5) is 21.5 Å². The van der Waals surface area contributed by atoms with Crippen molar-refractivity contribution in [3.8, 4) is 5.75 Å². The molecule has 112 valence electrons. The van der Waals surface area contributed by atoms with Crippen molar-refractivity contribution in [1.82, 2.24) is 0 Å². The van der Waals surface area contributed by atoms with Gasteiger partial charge < -0.3 is 15.8 Å². The van der Waals surface area contributed by atoms with Gasteiger partial charge in [0.2, 0.25) is 0 Å². The van der Waals surface area contributed by atoms with Crippen molar-refractivity contribution in [1.29, 1.82) is 0 Å². The number of nitrogens with two attached hydrogens (primary N) is 1. The largest absolute Gasteiger partial charge is 0.491 e. The summed E-state index contributed by atoms with van der Waals surface area (Å²) in [6, 6.07) is 8.64. The highest BCUT2D eigenvalue weighted by molar-refractivity contribution is 9.10. The first kappa shape index (κ1) is 15.6. The predicted molar refractivity (Wildman–Crippen MR) is 88.7 cm³/mol. The Labute approximate surface area is 132 Å². The molecule has 0 saturated heterocycles. The maximum atomic E-state index is 13.5. The van der Waals surface area contributed by atoms with E-state index in [4.69, 9.17) is 10.5 Å². The van der Waals surface area contributed by atoms with Gasteiger partial charge in [-0.25, -0.2) is 4.39 Å². The zero-order valence-corrected chi connectivity index (χ0v) is 13.8. The molecule has 21 heavy (non-hydrogen) atoms. The molecule has 2 aromatic carbocycles. The minimum Gasteiger partial charge on any atom is -0.491 e. The fourth-order valence-corrected chi connectivity index (χ4v) is 2.31. The molecule has 2 rings (SSSR count). The van der Waals surface area contributed by atoms with Gasteiger partial charge in [0.25, 0.3) is 0 Å². The smallest absolute Gasteiger partial charge is 0.137 e. The van der Waals surface area contributed by atoms with Gasteiger partial charge in [0.05, 0.1) is 10.6 Å². The van der Waals surface area contributed by atoms with Crippen LogP contribution in [0.3, 0.4) is 0 Å². The van der Waals surface area contributed by atoms with Crippen LogP contribution in [0, 0.1) is 12.7 Å². The average molecular weight is 353 g/mol. The molecule has 3 nitrogen and oxygen atoms in total. The summed E-state index contributed by atoms with van der Waals surface area (Å²) in [7, 11) is 0. The molecule has 0 aliphatic carbocycles. The van der Waals surface area contributed by atoms with Gasteiger partial charge in [-0.05, 0) is 60.5 Å². The van der Waals surface area contributed by atoms with E-state index in [-0.39, 0.29) is 11.9 Å². The third-order valence-corrected chi connectivity index (χ3v) is 3.45. The van der Waals surface area contributed by atoms with E-state index in [0.717, 1.165) is 16.9 Å². The van der Waals surface area contributed by atoms with Gasteiger partial charge >= 0.3 is 0 Å². The van der Waals surface area contributed by atoms with E-state index >= 15 is 0 Å². The summed E-state index contributed by atoms with van der Waals surface area (Å²) in [4.78, 5) is 0. The lowest BCUT2D eigenvalue weighted by Gasteiger charge is -2.15. The monoisotopic (exact) mass is 352 g/mol. The second-order valence-electron chi connectivity index (χ2n) is 5.16. The molecule has 0 spiro atoms. The number of hydrogen-bond acceptors (Lipinski definition) is 3. The number of anilines is 3. The lowest BCUT2D eigenvalue weighted by molar-refractivity contribution is 0.242. The van der Waals surface area contributed by atoms with E-state index in [1.807, 2.05) is 32.9 Å². The molecule has 0 fully saturated rings. The number of nitrogens with one attached hydrogen (secondary N) is 1. The van der Waals surface area contributed by atoms with Crippen LogP contribution in [0.2, 0.25) is 0 Å². The number of halogens is 2. The molecule has 0 aliphatic heterocycles. The Morgan fingerprint density at radius 2 is 1.90 bits per heavy atom. The van der Waals surface area contributed by atoms with Gasteiger partial charge in [-0.3, -0.25) is 0 Å². The zero-order valence-electron chi connectivity index (χ0n) is 12.2. The van der Waals surface area contributed by atoms with Gasteiger partial charge in [-0.2, -0.15) is 0 Å². The normalized spacial score (nSPS) is 10.8. The third-order valence-electron chi connectivity index (χ3n) is 2.85. The van der Waals surface area contributed by atoms with Crippen molar-refractivity contribution in [3.63, 3.8) is 0 Å². The van der Waals surface area contributed by atoms with Crippen molar-refractivity contribution in [2.45, 2.75) is 26.9 Å². The third kappa shape index (κ3) is 4.11. The van der Waals surface area contributed by atoms with Crippen molar-refractivity contribution in [2.24, 2.45) is 0 Å². The maximum absolute atomic E-state index is 13.5. The summed E-state index contributed by atoms with van der Waals surface area (Å²) >= 11 is 3.19. The number of rotatable bonds is 4. The second-order valence-corrected chi connectivity index (χ2v) is 6.02. The molecule has 2 aromatic rings. The van der Waals surface area contributed by atoms with Gasteiger partial charge in [0.15, 0.2) is 0 Å². The summed E-state index contributed by atoms with van der Waals surface area (Å²) in [5, 5.41) is 3.24. The Bertz CT molecular complexity index is 659. The van der Waals surface area contributed by atoms with Gasteiger partial charge in [0, 0.05) is 29.2 Å². The molecule has 0 unspecified atom stereocenters. The number of nitrogen functional groups attached to an aromatic ring is 1. The summed E-state index contributed by atoms with van der Waals surface area (Å²) in [6.45, 7) is 5.75. The lowest BCUT2D eigenvalue weighted by atomic mass is 10.2. The van der Waals surface area contributed by atoms with Crippen molar-refractivity contribution in [2.75, 3.05) is 11.1 Å². The SMILES string of the molecule is Cc1cc(F)c(Br)cc1Nc1cc(N)cc(OC(C)C)c1. The molecule has 0 radical (unpaired) electrons. The Hall–Kier alpha value is -1.75. The number of hydrogen-bond donors (Lipinski definition) is 2. The predicted octanol–water partition coefficient (Wildman–Crippen LogP) is 5.01. The molecule has 3 N–H and O–H groups in total. The van der Waals surface area contributed by atoms with Crippen LogP contribution in [-0.2, 0) is 0 Å². The van der Waals surface area contributed by atoms with Crippen LogP contribution in [-0.4, -0.2) is 6.10 Å². The summed E-state index contributed by atoms with van der Waals surface area (Å²) in [5.41, 5.74) is 8.92. The number of benzene rings is 2. The minimum absolute atomic E-state index is 0.0707. The first-order chi connectivity index (χ1) is 9.85. The quantitative estimate of drug-likeness (QED) is 0.760. The fraction of sp³-hybridized carbons (Fsp3) is 0.250. The maximum Gasteiger partial charge on any atom is 0.137 e. The van der Waals surface area contributed by atoms with E-state index in [9.17, 15) is 4.39 Å². The van der Waals surface area contributed by atoms with Crippen LogP contribution in [0.1, 0.15) is 19.4 Å². The van der Waals surface area contributed by atoms with Crippen LogP contribution in [0.25, 0.3) is 0 Å². The van der Waals surface area contributed by atoms with Gasteiger partial charge in [0.1, 0.15) is 11.6 Å². The van der Waals surface area contributed by atoms with E-state index < -0.39 is 0 Å². The van der Waals surface area contributed by atoms with Gasteiger partial charge in [-0.15, -0.1) is 0 Å². The zero-order chi connectivity index (χ0) is 15.6. The highest BCUT2D eigenvalue weighted by Gasteiger charge is 2.07. The Morgan fingerprint density at radius 3 is 2.57 bits per heavy atom. The first-order valence-electron chi connectivity index (χ1n) is 6.65. The summed E-state index contributed by atoms with van der Waals surface area (Å²) < 4.78 is 19.5. The standard InChI is InChI=1S/C16H18BrFN2O/c1-9(2)21-13-6-11(19)5-12(7-13)20-16-8-14(17)15(18)4-10(16)3/h4-9,20H,19H2,1-3H3. The molecule has 5 heteroatoms. The molecular weight excluding hydrogens is 335 g/mol. The number of aryl methyl sites for hydroxylation is 1. The van der Waals surface area contributed by atoms with Crippen LogP contribution < -0.4 is 15.8 Å². The summed E-state index contributed by atoms with van der Waals surface area (Å²) in [5.74, 6) is 0.417. The molecule has 0 amide bonds. The lowest BCUT2D eigenvalue weighted by Crippen LogP contribution is -2.06. The molecule has 0 atom stereocenters. The molecule has 0 heterocycles. The molecule has 0 saturated carbocycles. The van der Waals surface area contributed by atoms with Crippen molar-refractivity contribution < 1.29 is 9.13 Å². The Kier molecular flexibility index (Phi) is 4.73. The van der Waals surface area contributed by atoms with E-state index in [1.165, 1.54) is 6.07 Å². The molecule has 0 bridgehead atoms. The summed E-state index contributed by atoms with van der Waals surface area (Å²) in [6.07, 6.45) is 0.0707. The second kappa shape index (κ2) is 6.35. The van der Waals surface area contributed by atoms with Crippen molar-refractivity contribution in [3.05, 3.63) is 46.2 Å². The van der Waals surface area contributed by atoms with Crippen LogP contribution in [0.15, 0.2) is 34.8 Å².